The lowest BCUT2D eigenvalue weighted by molar-refractivity contribution is 0.276. The third-order valence-electron chi connectivity index (χ3n) is 1.90. The Morgan fingerprint density at radius 1 is 1.25 bits per heavy atom. The molecule has 12 heavy (non-hydrogen) atoms. The zero-order valence-electron chi connectivity index (χ0n) is 6.86. The van der Waals surface area contributed by atoms with Gasteiger partial charge in [0.05, 0.1) is 0 Å². The summed E-state index contributed by atoms with van der Waals surface area (Å²) in [7, 11) is -3.40. The average molecular weight is 194 g/mol. The molecule has 0 aromatic rings. The number of hydrogen-bond donors (Lipinski definition) is 2. The van der Waals surface area contributed by atoms with Crippen LogP contribution < -0.4 is 4.72 Å². The Kier molecular flexibility index (Phi) is 3.45. The van der Waals surface area contributed by atoms with Crippen LogP contribution in [0.3, 0.4) is 0 Å². The van der Waals surface area contributed by atoms with Crippen LogP contribution in [0, 0.1) is 0 Å². The van der Waals surface area contributed by atoms with Gasteiger partial charge in [0.25, 0.3) is 10.2 Å². The molecule has 1 rings (SSSR count). The largest absolute Gasteiger partial charge is 0.380 e. The van der Waals surface area contributed by atoms with Gasteiger partial charge in [0, 0.05) is 13.1 Å². The number of aliphatic hydroxyl groups excluding tert-OH is 1. The Morgan fingerprint density at radius 3 is 2.33 bits per heavy atom. The molecule has 6 heteroatoms. The molecule has 0 amide bonds. The van der Waals surface area contributed by atoms with Crippen molar-refractivity contribution in [2.75, 3.05) is 19.8 Å². The highest BCUT2D eigenvalue weighted by Gasteiger charge is 2.22. The lowest BCUT2D eigenvalue weighted by atomic mass is 10.2. The quantitative estimate of drug-likeness (QED) is 0.581. The van der Waals surface area contributed by atoms with E-state index in [1.165, 1.54) is 4.31 Å². The van der Waals surface area contributed by atoms with Gasteiger partial charge in [-0.2, -0.15) is 17.4 Å². The van der Waals surface area contributed by atoms with Crippen molar-refractivity contribution in [2.45, 2.75) is 19.3 Å². The number of rotatable bonds is 3. The molecule has 2 N–H and O–H groups in total. The van der Waals surface area contributed by atoms with Crippen LogP contribution in [0.5, 0.6) is 0 Å². The maximum atomic E-state index is 11.2. The van der Waals surface area contributed by atoms with Gasteiger partial charge in [-0.05, 0) is 12.8 Å². The van der Waals surface area contributed by atoms with Crippen molar-refractivity contribution in [1.82, 2.24) is 9.03 Å². The topological polar surface area (TPSA) is 69.6 Å². The fourth-order valence-corrected chi connectivity index (χ4v) is 2.36. The molecule has 1 aliphatic rings. The smallest absolute Gasteiger partial charge is 0.281 e. The van der Waals surface area contributed by atoms with Crippen LogP contribution in [-0.4, -0.2) is 37.6 Å². The van der Waals surface area contributed by atoms with E-state index in [9.17, 15) is 8.42 Å². The maximum absolute atomic E-state index is 11.2. The third-order valence-corrected chi connectivity index (χ3v) is 3.44. The summed E-state index contributed by atoms with van der Waals surface area (Å²) >= 11 is 0. The first-order valence-corrected chi connectivity index (χ1v) is 5.46. The number of aliphatic hydroxyl groups is 1. The van der Waals surface area contributed by atoms with Crippen molar-refractivity contribution >= 4 is 10.2 Å². The summed E-state index contributed by atoms with van der Waals surface area (Å²) < 4.78 is 25.9. The summed E-state index contributed by atoms with van der Waals surface area (Å²) in [5.74, 6) is 0. The van der Waals surface area contributed by atoms with Crippen molar-refractivity contribution in [3.05, 3.63) is 0 Å². The molecular weight excluding hydrogens is 180 g/mol. The molecule has 0 aromatic heterocycles. The van der Waals surface area contributed by atoms with Crippen LogP contribution in [-0.2, 0) is 10.2 Å². The number of nitrogens with zero attached hydrogens (tertiary/aromatic N) is 1. The molecule has 0 radical (unpaired) electrons. The van der Waals surface area contributed by atoms with E-state index < -0.39 is 16.9 Å². The molecule has 0 aliphatic carbocycles. The summed E-state index contributed by atoms with van der Waals surface area (Å²) in [6, 6.07) is 0. The molecule has 1 aliphatic heterocycles. The second kappa shape index (κ2) is 4.18. The van der Waals surface area contributed by atoms with E-state index in [4.69, 9.17) is 5.11 Å². The van der Waals surface area contributed by atoms with E-state index in [0.29, 0.717) is 13.1 Å². The first kappa shape index (κ1) is 9.91. The van der Waals surface area contributed by atoms with Gasteiger partial charge < -0.3 is 5.11 Å². The number of nitrogens with one attached hydrogen (secondary N) is 1. The first-order chi connectivity index (χ1) is 5.67. The van der Waals surface area contributed by atoms with Gasteiger partial charge in [-0.1, -0.05) is 6.42 Å². The Bertz CT molecular complexity index is 221. The Balaban J connectivity index is 2.54. The zero-order valence-corrected chi connectivity index (χ0v) is 7.68. The Labute approximate surface area is 72.6 Å². The minimum absolute atomic E-state index is 0.529. The first-order valence-electron chi connectivity index (χ1n) is 4.02. The van der Waals surface area contributed by atoms with Crippen LogP contribution in [0.4, 0.5) is 0 Å². The van der Waals surface area contributed by atoms with Crippen molar-refractivity contribution < 1.29 is 13.5 Å². The lowest BCUT2D eigenvalue weighted by Gasteiger charge is -2.25. The highest BCUT2D eigenvalue weighted by atomic mass is 32.2. The molecule has 1 heterocycles. The molecule has 0 bridgehead atoms. The molecule has 0 saturated carbocycles. The minimum Gasteiger partial charge on any atom is -0.380 e. The molecular formula is C6H14N2O3S. The van der Waals surface area contributed by atoms with Gasteiger partial charge in [-0.15, -0.1) is 0 Å². The highest BCUT2D eigenvalue weighted by Crippen LogP contribution is 2.11. The highest BCUT2D eigenvalue weighted by molar-refractivity contribution is 7.87. The molecule has 1 saturated heterocycles. The van der Waals surface area contributed by atoms with Crippen LogP contribution >= 0.6 is 0 Å². The van der Waals surface area contributed by atoms with Gasteiger partial charge in [0.15, 0.2) is 0 Å². The number of hydrogen-bond acceptors (Lipinski definition) is 3. The predicted octanol–water partition coefficient (Wildman–Crippen LogP) is -0.744. The average Bonchev–Trinajstić information content (AvgIpc) is 2.06. The molecule has 0 aromatic carbocycles. The Hall–Kier alpha value is -0.170. The van der Waals surface area contributed by atoms with Gasteiger partial charge in [-0.25, -0.2) is 0 Å². The van der Waals surface area contributed by atoms with Crippen molar-refractivity contribution in [1.29, 1.82) is 0 Å². The van der Waals surface area contributed by atoms with E-state index in [-0.39, 0.29) is 0 Å². The fraction of sp³-hybridized carbons (Fsp3) is 1.00. The van der Waals surface area contributed by atoms with Gasteiger partial charge in [-0.3, -0.25) is 0 Å². The second-order valence-corrected chi connectivity index (χ2v) is 4.52. The van der Waals surface area contributed by atoms with Crippen LogP contribution in [0.25, 0.3) is 0 Å². The summed E-state index contributed by atoms with van der Waals surface area (Å²) in [6.45, 7) is 0.601. The van der Waals surface area contributed by atoms with Gasteiger partial charge in [0.1, 0.15) is 6.73 Å². The van der Waals surface area contributed by atoms with Crippen molar-refractivity contribution in [3.8, 4) is 0 Å². The lowest BCUT2D eigenvalue weighted by Crippen LogP contribution is -2.43. The normalized spacial score (nSPS) is 21.1. The second-order valence-electron chi connectivity index (χ2n) is 2.77. The van der Waals surface area contributed by atoms with Gasteiger partial charge >= 0.3 is 0 Å². The molecule has 5 nitrogen and oxygen atoms in total. The van der Waals surface area contributed by atoms with E-state index in [0.717, 1.165) is 19.3 Å². The molecule has 0 unspecified atom stereocenters. The monoisotopic (exact) mass is 194 g/mol. The van der Waals surface area contributed by atoms with Crippen molar-refractivity contribution in [2.24, 2.45) is 0 Å². The van der Waals surface area contributed by atoms with Crippen LogP contribution in [0.2, 0.25) is 0 Å². The van der Waals surface area contributed by atoms with Crippen LogP contribution in [0.15, 0.2) is 0 Å². The van der Waals surface area contributed by atoms with Gasteiger partial charge in [0.2, 0.25) is 0 Å². The molecule has 0 spiro atoms. The molecule has 0 atom stereocenters. The van der Waals surface area contributed by atoms with E-state index in [2.05, 4.69) is 0 Å². The minimum atomic E-state index is -3.40. The Morgan fingerprint density at radius 2 is 1.83 bits per heavy atom. The standard InChI is InChI=1S/C6H14N2O3S/c9-6-7-12(10,11)8-4-2-1-3-5-8/h7,9H,1-6H2. The summed E-state index contributed by atoms with van der Waals surface area (Å²) in [5, 5.41) is 8.42. The molecule has 72 valence electrons. The predicted molar refractivity (Wildman–Crippen MR) is 44.6 cm³/mol. The van der Waals surface area contributed by atoms with E-state index in [1.807, 2.05) is 4.72 Å². The summed E-state index contributed by atoms with van der Waals surface area (Å²) in [4.78, 5) is 0. The molecule has 1 fully saturated rings. The van der Waals surface area contributed by atoms with Crippen molar-refractivity contribution in [3.63, 3.8) is 0 Å². The van der Waals surface area contributed by atoms with Crippen LogP contribution in [0.1, 0.15) is 19.3 Å². The number of piperidine rings is 1. The zero-order chi connectivity index (χ0) is 9.03. The SMILES string of the molecule is O=S(=O)(NCO)N1CCCCC1. The summed E-state index contributed by atoms with van der Waals surface area (Å²) in [5.41, 5.74) is 0. The summed E-state index contributed by atoms with van der Waals surface area (Å²) in [6.07, 6.45) is 2.91. The fourth-order valence-electron chi connectivity index (χ4n) is 1.28. The third kappa shape index (κ3) is 2.41. The van der Waals surface area contributed by atoms with E-state index in [1.54, 1.807) is 0 Å². The van der Waals surface area contributed by atoms with E-state index >= 15 is 0 Å². The maximum Gasteiger partial charge on any atom is 0.281 e.